The number of likely N-dealkylation sites (N-methyl/N-ethyl adjacent to an activating group) is 1. The molecule has 2 amide bonds. The molecule has 1 heterocycles. The molecule has 0 fully saturated rings. The van der Waals surface area contributed by atoms with Gasteiger partial charge in [-0.05, 0) is 49.8 Å². The normalized spacial score (nSPS) is 14.6. The van der Waals surface area contributed by atoms with Crippen LogP contribution in [0.5, 0.6) is 5.75 Å². The lowest BCUT2D eigenvalue weighted by Gasteiger charge is -2.30. The van der Waals surface area contributed by atoms with Crippen molar-refractivity contribution in [2.24, 2.45) is 0 Å². The number of quaternary nitrogens is 1. The van der Waals surface area contributed by atoms with Crippen molar-refractivity contribution in [1.29, 1.82) is 0 Å². The molecule has 30 heavy (non-hydrogen) atoms. The molecule has 2 aromatic rings. The Labute approximate surface area is 185 Å². The predicted octanol–water partition coefficient (Wildman–Crippen LogP) is 2.26. The average Bonchev–Trinajstić information content (AvgIpc) is 2.74. The van der Waals surface area contributed by atoms with Crippen molar-refractivity contribution >= 4 is 39.5 Å². The van der Waals surface area contributed by atoms with Gasteiger partial charge < -0.3 is 15.0 Å². The first kappa shape index (κ1) is 22.1. The van der Waals surface area contributed by atoms with Gasteiger partial charge in [-0.1, -0.05) is 40.2 Å². The van der Waals surface area contributed by atoms with Crippen molar-refractivity contribution in [2.75, 3.05) is 37.6 Å². The Hall–Kier alpha value is -2.64. The van der Waals surface area contributed by atoms with E-state index in [1.165, 1.54) is 9.80 Å². The molecule has 0 saturated heterocycles. The van der Waals surface area contributed by atoms with Crippen LogP contribution in [0.4, 0.5) is 5.69 Å². The van der Waals surface area contributed by atoms with Crippen molar-refractivity contribution in [3.63, 3.8) is 0 Å². The summed E-state index contributed by atoms with van der Waals surface area (Å²) in [5, 5.41) is 2.93. The second-order valence-corrected chi connectivity index (χ2v) is 8.00. The zero-order chi connectivity index (χ0) is 21.5. The van der Waals surface area contributed by atoms with E-state index in [0.29, 0.717) is 18.0 Å². The third kappa shape index (κ3) is 5.49. The number of hydrogen-bond donors (Lipinski definition) is 2. The Morgan fingerprint density at radius 1 is 1.17 bits per heavy atom. The average molecular weight is 473 g/mol. The van der Waals surface area contributed by atoms with E-state index in [1.807, 2.05) is 36.4 Å². The summed E-state index contributed by atoms with van der Waals surface area (Å²) in [6, 6.07) is 14.8. The van der Waals surface area contributed by atoms with E-state index in [4.69, 9.17) is 4.74 Å². The first-order valence-electron chi connectivity index (χ1n) is 10.2. The van der Waals surface area contributed by atoms with E-state index >= 15 is 0 Å². The highest BCUT2D eigenvalue weighted by Crippen LogP contribution is 2.35. The first-order chi connectivity index (χ1) is 14.5. The smallest absolute Gasteiger partial charge is 0.294 e. The number of anilines is 1. The Morgan fingerprint density at radius 2 is 1.93 bits per heavy atom. The number of halogens is 1. The van der Waals surface area contributed by atoms with Crippen molar-refractivity contribution in [2.45, 2.75) is 13.8 Å². The van der Waals surface area contributed by atoms with E-state index in [1.54, 1.807) is 18.2 Å². The van der Waals surface area contributed by atoms with Gasteiger partial charge in [0, 0.05) is 4.47 Å². The molecule has 158 valence electrons. The number of carbonyl (C=O) groups is 2. The molecule has 2 aromatic carbocycles. The van der Waals surface area contributed by atoms with Crippen molar-refractivity contribution < 1.29 is 19.2 Å². The molecule has 0 spiro atoms. The maximum Gasteiger partial charge on any atom is 0.294 e. The number of rotatable bonds is 8. The van der Waals surface area contributed by atoms with Gasteiger partial charge in [0.25, 0.3) is 5.91 Å². The molecule has 0 aliphatic carbocycles. The number of nitrogens with one attached hydrogen (secondary N) is 2. The maximum absolute atomic E-state index is 13.1. The van der Waals surface area contributed by atoms with Gasteiger partial charge in [-0.3, -0.25) is 14.5 Å². The van der Waals surface area contributed by atoms with Crippen molar-refractivity contribution in [3.8, 4) is 5.75 Å². The van der Waals surface area contributed by atoms with Gasteiger partial charge in [-0.2, -0.15) is 0 Å². The lowest BCUT2D eigenvalue weighted by Crippen LogP contribution is -3.12. The Kier molecular flexibility index (Phi) is 7.65. The van der Waals surface area contributed by atoms with Crippen LogP contribution in [0.2, 0.25) is 0 Å². The second-order valence-electron chi connectivity index (χ2n) is 7.08. The van der Waals surface area contributed by atoms with Gasteiger partial charge in [0.1, 0.15) is 6.54 Å². The number of fused-ring (bicyclic) bond motifs is 1. The fourth-order valence-electron chi connectivity index (χ4n) is 3.35. The van der Waals surface area contributed by atoms with Gasteiger partial charge in [0.15, 0.2) is 11.5 Å². The van der Waals surface area contributed by atoms with Crippen LogP contribution in [0.15, 0.2) is 58.8 Å². The standard InChI is InChI=1S/C23H26BrN3O3/c1-3-26(4-2)13-12-25-22(28)16-27-19-10-5-6-11-20(19)30-21(23(27)29)15-17-8-7-9-18(24)14-17/h5-11,14-15H,3-4,12-13,16H2,1-2H3,(H,25,28)/p+1. The van der Waals surface area contributed by atoms with Gasteiger partial charge in [0.2, 0.25) is 5.91 Å². The minimum atomic E-state index is -0.335. The highest BCUT2D eigenvalue weighted by molar-refractivity contribution is 9.10. The summed E-state index contributed by atoms with van der Waals surface area (Å²) >= 11 is 3.44. The molecule has 0 radical (unpaired) electrons. The minimum absolute atomic E-state index is 0.0530. The van der Waals surface area contributed by atoms with E-state index in [0.717, 1.165) is 29.7 Å². The molecule has 7 heteroatoms. The Balaban J connectivity index is 1.77. The molecule has 6 nitrogen and oxygen atoms in total. The molecule has 2 N–H and O–H groups in total. The fraction of sp³-hybridized carbons (Fsp3) is 0.304. The molecule has 0 unspecified atom stereocenters. The van der Waals surface area contributed by atoms with E-state index in [-0.39, 0.29) is 24.1 Å². The van der Waals surface area contributed by atoms with Gasteiger partial charge in [-0.25, -0.2) is 0 Å². The van der Waals surface area contributed by atoms with E-state index < -0.39 is 0 Å². The molecule has 1 aliphatic rings. The molecule has 0 bridgehead atoms. The summed E-state index contributed by atoms with van der Waals surface area (Å²) < 4.78 is 6.77. The third-order valence-electron chi connectivity index (χ3n) is 5.08. The molecule has 0 saturated carbocycles. The summed E-state index contributed by atoms with van der Waals surface area (Å²) in [5.74, 6) is 0.220. The van der Waals surface area contributed by atoms with Gasteiger partial charge >= 0.3 is 0 Å². The number of hydrogen-bond acceptors (Lipinski definition) is 3. The molecule has 3 rings (SSSR count). The molecule has 0 atom stereocenters. The summed E-state index contributed by atoms with van der Waals surface area (Å²) in [4.78, 5) is 28.6. The largest absolute Gasteiger partial charge is 0.449 e. The maximum atomic E-state index is 13.1. The minimum Gasteiger partial charge on any atom is -0.449 e. The quantitative estimate of drug-likeness (QED) is 0.579. The number of benzene rings is 2. The summed E-state index contributed by atoms with van der Waals surface area (Å²) in [5.41, 5.74) is 1.43. The van der Waals surface area contributed by atoms with Crippen molar-refractivity contribution in [1.82, 2.24) is 5.32 Å². The number of amides is 2. The zero-order valence-electron chi connectivity index (χ0n) is 17.3. The van der Waals surface area contributed by atoms with Crippen LogP contribution in [0.1, 0.15) is 19.4 Å². The summed E-state index contributed by atoms with van der Waals surface area (Å²) in [6.07, 6.45) is 1.69. The molecule has 0 aromatic heterocycles. The second kappa shape index (κ2) is 10.4. The van der Waals surface area contributed by atoms with Crippen LogP contribution in [0, 0.1) is 0 Å². The third-order valence-corrected chi connectivity index (χ3v) is 5.57. The van der Waals surface area contributed by atoms with Crippen LogP contribution in [0.3, 0.4) is 0 Å². The fourth-order valence-corrected chi connectivity index (χ4v) is 3.77. The van der Waals surface area contributed by atoms with E-state index in [2.05, 4.69) is 35.1 Å². The Morgan fingerprint density at radius 3 is 2.67 bits per heavy atom. The molecule has 1 aliphatic heterocycles. The highest BCUT2D eigenvalue weighted by Gasteiger charge is 2.31. The molecular formula is C23H27BrN3O3+. The van der Waals surface area contributed by atoms with Crippen LogP contribution < -0.4 is 19.9 Å². The van der Waals surface area contributed by atoms with Gasteiger partial charge in [-0.15, -0.1) is 0 Å². The number of carbonyl (C=O) groups excluding carboxylic acids is 2. The van der Waals surface area contributed by atoms with Crippen LogP contribution in [-0.4, -0.2) is 44.5 Å². The zero-order valence-corrected chi connectivity index (χ0v) is 18.9. The van der Waals surface area contributed by atoms with Crippen LogP contribution in [0.25, 0.3) is 6.08 Å². The number of nitrogens with zero attached hydrogens (tertiary/aromatic N) is 1. The van der Waals surface area contributed by atoms with Crippen molar-refractivity contribution in [3.05, 3.63) is 64.3 Å². The highest BCUT2D eigenvalue weighted by atomic mass is 79.9. The number of ether oxygens (including phenoxy) is 1. The number of para-hydroxylation sites is 2. The first-order valence-corrected chi connectivity index (χ1v) is 11.0. The van der Waals surface area contributed by atoms with Crippen LogP contribution in [-0.2, 0) is 9.59 Å². The topological polar surface area (TPSA) is 63.1 Å². The monoisotopic (exact) mass is 472 g/mol. The van der Waals surface area contributed by atoms with Gasteiger partial charge in [0.05, 0.1) is 31.9 Å². The Bertz CT molecular complexity index is 941. The summed E-state index contributed by atoms with van der Waals surface area (Å²) in [6.45, 7) is 7.68. The SMILES string of the molecule is CC[NH+](CC)CCNC(=O)CN1C(=O)C(=Cc2cccc(Br)c2)Oc2ccccc21. The van der Waals surface area contributed by atoms with Crippen LogP contribution >= 0.6 is 15.9 Å². The lowest BCUT2D eigenvalue weighted by atomic mass is 10.1. The lowest BCUT2D eigenvalue weighted by molar-refractivity contribution is -0.895. The van der Waals surface area contributed by atoms with E-state index in [9.17, 15) is 9.59 Å². The predicted molar refractivity (Wildman–Crippen MR) is 121 cm³/mol. The molecular weight excluding hydrogens is 446 g/mol. The summed E-state index contributed by atoms with van der Waals surface area (Å²) in [7, 11) is 0.